The summed E-state index contributed by atoms with van der Waals surface area (Å²) in [5, 5.41) is 15.9. The lowest BCUT2D eigenvalue weighted by Gasteiger charge is -2.14. The van der Waals surface area contributed by atoms with Crippen molar-refractivity contribution in [1.29, 1.82) is 5.26 Å². The second-order valence-corrected chi connectivity index (χ2v) is 9.13. The van der Waals surface area contributed by atoms with E-state index in [0.717, 1.165) is 16.3 Å². The summed E-state index contributed by atoms with van der Waals surface area (Å²) in [4.78, 5) is 12.9. The van der Waals surface area contributed by atoms with Gasteiger partial charge < -0.3 is 10.1 Å². The van der Waals surface area contributed by atoms with Crippen molar-refractivity contribution >= 4 is 74.8 Å². The van der Waals surface area contributed by atoms with Gasteiger partial charge >= 0.3 is 0 Å². The van der Waals surface area contributed by atoms with Gasteiger partial charge in [-0.05, 0) is 53.2 Å². The van der Waals surface area contributed by atoms with E-state index < -0.39 is 5.91 Å². The second kappa shape index (κ2) is 11.0. The van der Waals surface area contributed by atoms with E-state index in [4.69, 9.17) is 51.1 Å². The summed E-state index contributed by atoms with van der Waals surface area (Å²) in [7, 11) is 0. The molecule has 1 N–H and O–H groups in total. The molecule has 4 rings (SSSR count). The number of rotatable bonds is 6. The number of benzene rings is 4. The summed E-state index contributed by atoms with van der Waals surface area (Å²) in [6.45, 7) is 0.173. The number of ether oxygens (including phenoxy) is 1. The fourth-order valence-electron chi connectivity index (χ4n) is 3.41. The van der Waals surface area contributed by atoms with Crippen LogP contribution in [0.15, 0.2) is 78.4 Å². The molecule has 0 aliphatic heterocycles. The van der Waals surface area contributed by atoms with Crippen LogP contribution >= 0.6 is 46.4 Å². The SMILES string of the molecule is N#C/C(=C\c1c(OCc2ccc(Cl)cc2Cl)ccc2ccccc12)C(=O)Nc1ccc(Cl)c(Cl)c1. The lowest BCUT2D eigenvalue weighted by Crippen LogP contribution is -2.13. The molecular formula is C27H16Cl4N2O2. The number of amides is 1. The largest absolute Gasteiger partial charge is 0.488 e. The second-order valence-electron chi connectivity index (χ2n) is 7.48. The fourth-order valence-corrected chi connectivity index (χ4v) is 4.17. The molecule has 1 amide bonds. The van der Waals surface area contributed by atoms with Crippen LogP contribution in [0.25, 0.3) is 16.8 Å². The van der Waals surface area contributed by atoms with E-state index in [1.807, 2.05) is 36.4 Å². The first-order valence-corrected chi connectivity index (χ1v) is 11.8. The molecule has 0 bridgehead atoms. The van der Waals surface area contributed by atoms with Crippen LogP contribution in [0.4, 0.5) is 5.69 Å². The predicted molar refractivity (Wildman–Crippen MR) is 143 cm³/mol. The Labute approximate surface area is 222 Å². The van der Waals surface area contributed by atoms with Crippen LogP contribution in [0, 0.1) is 11.3 Å². The van der Waals surface area contributed by atoms with Crippen LogP contribution in [0.1, 0.15) is 11.1 Å². The Morgan fingerprint density at radius 1 is 0.914 bits per heavy atom. The molecule has 0 unspecified atom stereocenters. The van der Waals surface area contributed by atoms with Crippen molar-refractivity contribution in [2.45, 2.75) is 6.61 Å². The van der Waals surface area contributed by atoms with Crippen LogP contribution in [0.5, 0.6) is 5.75 Å². The molecule has 0 radical (unpaired) electrons. The number of carbonyl (C=O) groups is 1. The van der Waals surface area contributed by atoms with Crippen LogP contribution in [-0.4, -0.2) is 5.91 Å². The minimum absolute atomic E-state index is 0.109. The van der Waals surface area contributed by atoms with Crippen molar-refractivity contribution < 1.29 is 9.53 Å². The van der Waals surface area contributed by atoms with Gasteiger partial charge in [0.1, 0.15) is 24.0 Å². The molecule has 8 heteroatoms. The molecule has 0 aromatic heterocycles. The van der Waals surface area contributed by atoms with Gasteiger partial charge in [0, 0.05) is 26.9 Å². The number of nitriles is 1. The molecule has 4 nitrogen and oxygen atoms in total. The third-order valence-electron chi connectivity index (χ3n) is 5.16. The monoisotopic (exact) mass is 540 g/mol. The molecule has 0 spiro atoms. The number of nitrogens with zero attached hydrogens (tertiary/aromatic N) is 1. The predicted octanol–water partition coefficient (Wildman–Crippen LogP) is 8.58. The van der Waals surface area contributed by atoms with Gasteiger partial charge in [0.25, 0.3) is 5.91 Å². The molecule has 0 aliphatic carbocycles. The number of halogens is 4. The molecule has 0 atom stereocenters. The average molecular weight is 542 g/mol. The molecule has 4 aromatic carbocycles. The highest BCUT2D eigenvalue weighted by molar-refractivity contribution is 6.42. The Kier molecular flexibility index (Phi) is 7.85. The Bertz CT molecular complexity index is 1510. The number of carbonyl (C=O) groups excluding carboxylic acids is 1. The van der Waals surface area contributed by atoms with Crippen LogP contribution < -0.4 is 10.1 Å². The molecular weight excluding hydrogens is 526 g/mol. The van der Waals surface area contributed by atoms with E-state index in [9.17, 15) is 10.1 Å². The third-order valence-corrected chi connectivity index (χ3v) is 6.49. The van der Waals surface area contributed by atoms with E-state index in [1.165, 1.54) is 12.1 Å². The molecule has 0 heterocycles. The number of fused-ring (bicyclic) bond motifs is 1. The first kappa shape index (κ1) is 24.9. The van der Waals surface area contributed by atoms with E-state index in [1.54, 1.807) is 36.4 Å². The normalized spacial score (nSPS) is 11.2. The molecule has 174 valence electrons. The lowest BCUT2D eigenvalue weighted by molar-refractivity contribution is -0.112. The first-order chi connectivity index (χ1) is 16.9. The zero-order chi connectivity index (χ0) is 24.9. The zero-order valence-corrected chi connectivity index (χ0v) is 21.0. The van der Waals surface area contributed by atoms with Crippen molar-refractivity contribution in [3.63, 3.8) is 0 Å². The van der Waals surface area contributed by atoms with Crippen molar-refractivity contribution in [3.05, 3.63) is 110 Å². The Morgan fingerprint density at radius 2 is 1.71 bits per heavy atom. The standard InChI is InChI=1S/C27H16Cl4N2O2/c28-19-7-5-17(24(30)12-19)15-35-26-10-6-16-3-1-2-4-21(16)22(26)11-18(14-32)27(34)33-20-8-9-23(29)25(31)13-20/h1-13H,15H2,(H,33,34)/b18-11+. The minimum atomic E-state index is -0.592. The summed E-state index contributed by atoms with van der Waals surface area (Å²) in [5.41, 5.74) is 1.64. The number of hydrogen-bond donors (Lipinski definition) is 1. The van der Waals surface area contributed by atoms with Gasteiger partial charge in [-0.15, -0.1) is 0 Å². The van der Waals surface area contributed by atoms with Gasteiger partial charge in [0.15, 0.2) is 0 Å². The smallest absolute Gasteiger partial charge is 0.266 e. The molecule has 35 heavy (non-hydrogen) atoms. The third kappa shape index (κ3) is 5.90. The highest BCUT2D eigenvalue weighted by Crippen LogP contribution is 2.32. The summed E-state index contributed by atoms with van der Waals surface area (Å²) in [6.07, 6.45) is 1.51. The molecule has 0 fully saturated rings. The van der Waals surface area contributed by atoms with E-state index in [2.05, 4.69) is 5.32 Å². The van der Waals surface area contributed by atoms with E-state index in [-0.39, 0.29) is 17.2 Å². The summed E-state index contributed by atoms with van der Waals surface area (Å²) in [5.74, 6) is -0.102. The van der Waals surface area contributed by atoms with Gasteiger partial charge in [0.05, 0.1) is 10.0 Å². The summed E-state index contributed by atoms with van der Waals surface area (Å²) in [6, 6.07) is 23.1. The maximum Gasteiger partial charge on any atom is 0.266 e. The van der Waals surface area contributed by atoms with Crippen molar-refractivity contribution in [2.24, 2.45) is 0 Å². The highest BCUT2D eigenvalue weighted by atomic mass is 35.5. The van der Waals surface area contributed by atoms with Crippen molar-refractivity contribution in [1.82, 2.24) is 0 Å². The topological polar surface area (TPSA) is 62.1 Å². The van der Waals surface area contributed by atoms with Crippen LogP contribution in [0.2, 0.25) is 20.1 Å². The van der Waals surface area contributed by atoms with Crippen LogP contribution in [-0.2, 0) is 11.4 Å². The molecule has 4 aromatic rings. The number of nitrogens with one attached hydrogen (secondary N) is 1. The van der Waals surface area contributed by atoms with Gasteiger partial charge in [-0.1, -0.05) is 82.8 Å². The Balaban J connectivity index is 1.70. The Morgan fingerprint density at radius 3 is 2.46 bits per heavy atom. The van der Waals surface area contributed by atoms with Gasteiger partial charge in [-0.25, -0.2) is 0 Å². The quantitative estimate of drug-likeness (QED) is 0.196. The fraction of sp³-hybridized carbons (Fsp3) is 0.0370. The zero-order valence-electron chi connectivity index (χ0n) is 18.0. The van der Waals surface area contributed by atoms with E-state index >= 15 is 0 Å². The van der Waals surface area contributed by atoms with Crippen molar-refractivity contribution in [2.75, 3.05) is 5.32 Å². The van der Waals surface area contributed by atoms with Crippen molar-refractivity contribution in [3.8, 4) is 11.8 Å². The highest BCUT2D eigenvalue weighted by Gasteiger charge is 2.15. The summed E-state index contributed by atoms with van der Waals surface area (Å²) < 4.78 is 6.08. The maximum atomic E-state index is 12.9. The lowest BCUT2D eigenvalue weighted by atomic mass is 10.0. The molecule has 0 aliphatic rings. The molecule has 0 saturated heterocycles. The Hall–Kier alpha value is -3.20. The molecule has 0 saturated carbocycles. The van der Waals surface area contributed by atoms with Gasteiger partial charge in [0.2, 0.25) is 0 Å². The van der Waals surface area contributed by atoms with Gasteiger partial charge in [-0.2, -0.15) is 5.26 Å². The average Bonchev–Trinajstić information content (AvgIpc) is 2.84. The summed E-state index contributed by atoms with van der Waals surface area (Å²) >= 11 is 24.3. The van der Waals surface area contributed by atoms with E-state index in [0.29, 0.717) is 32.1 Å². The number of anilines is 1. The maximum absolute atomic E-state index is 12.9. The minimum Gasteiger partial charge on any atom is -0.488 e. The van der Waals surface area contributed by atoms with Crippen LogP contribution in [0.3, 0.4) is 0 Å². The van der Waals surface area contributed by atoms with Gasteiger partial charge in [-0.3, -0.25) is 4.79 Å². The first-order valence-electron chi connectivity index (χ1n) is 10.3. The number of hydrogen-bond acceptors (Lipinski definition) is 3.